The van der Waals surface area contributed by atoms with E-state index < -0.39 is 36.0 Å². The Morgan fingerprint density at radius 1 is 1.16 bits per heavy atom. The highest BCUT2D eigenvalue weighted by Gasteiger charge is 2.41. The van der Waals surface area contributed by atoms with Crippen LogP contribution in [0.25, 0.3) is 20.9 Å². The molecule has 1 unspecified atom stereocenters. The third kappa shape index (κ3) is 6.62. The van der Waals surface area contributed by atoms with E-state index in [1.54, 1.807) is 19.1 Å². The molecule has 0 N–H and O–H groups in total. The van der Waals surface area contributed by atoms with Crippen molar-refractivity contribution in [1.82, 2.24) is 19.7 Å². The molecule has 1 aromatic carbocycles. The molecule has 0 bridgehead atoms. The third-order valence-corrected chi connectivity index (χ3v) is 8.39. The molecule has 5 aromatic rings. The van der Waals surface area contributed by atoms with Crippen LogP contribution in [-0.2, 0) is 27.9 Å². The summed E-state index contributed by atoms with van der Waals surface area (Å²) in [7, 11) is 13.2. The Morgan fingerprint density at radius 3 is 2.64 bits per heavy atom. The molecule has 9 nitrogen and oxygen atoms in total. The van der Waals surface area contributed by atoms with Gasteiger partial charge in [0.15, 0.2) is 6.10 Å². The number of hydrogen-bond donors (Lipinski definition) is 0. The van der Waals surface area contributed by atoms with Crippen molar-refractivity contribution < 1.29 is 41.0 Å². The Bertz CT molecular complexity index is 1800. The number of furan rings is 1. The van der Waals surface area contributed by atoms with E-state index >= 15 is 0 Å². The summed E-state index contributed by atoms with van der Waals surface area (Å²) in [6.45, 7) is -0.0822. The molecular weight excluding hydrogens is 670 g/mol. The van der Waals surface area contributed by atoms with Crippen LogP contribution in [0.2, 0.25) is 0 Å². The number of alkyl halides is 3. The first kappa shape index (κ1) is 31.6. The Kier molecular flexibility index (Phi) is 9.07. The predicted octanol–water partition coefficient (Wildman–Crippen LogP) is 5.69. The predicted molar refractivity (Wildman–Crippen MR) is 156 cm³/mol. The SMILES string of the molecule is [B]C([B])(c1ccccc1OCc1ccnn1CC(F)(F)F)C(Oc1ncnc2sc(-c3ccc(F)o3)c(Br)c12)C(=O)OCC. The molecule has 0 aliphatic heterocycles. The maximum atomic E-state index is 13.6. The van der Waals surface area contributed by atoms with Crippen LogP contribution in [0.5, 0.6) is 11.6 Å². The number of nitrogens with zero attached hydrogens (tertiary/aromatic N) is 4. The summed E-state index contributed by atoms with van der Waals surface area (Å²) in [6.07, 6.45) is -3.79. The van der Waals surface area contributed by atoms with Gasteiger partial charge in [-0.2, -0.15) is 22.7 Å². The van der Waals surface area contributed by atoms with Gasteiger partial charge >= 0.3 is 12.1 Å². The van der Waals surface area contributed by atoms with E-state index in [4.69, 9.17) is 34.3 Å². The smallest absolute Gasteiger partial charge is 0.408 e. The Hall–Kier alpha value is -3.85. The van der Waals surface area contributed by atoms with Crippen molar-refractivity contribution in [2.45, 2.75) is 37.6 Å². The Morgan fingerprint density at radius 2 is 1.93 bits per heavy atom. The number of carbonyl (C=O) groups is 1. The summed E-state index contributed by atoms with van der Waals surface area (Å²) in [6, 6.07) is 9.35. The van der Waals surface area contributed by atoms with Gasteiger partial charge in [0.25, 0.3) is 6.01 Å². The first-order chi connectivity index (χ1) is 20.9. The number of rotatable bonds is 11. The third-order valence-electron chi connectivity index (χ3n) is 6.22. The number of aromatic nitrogens is 4. The number of fused-ring (bicyclic) bond motifs is 1. The van der Waals surface area contributed by atoms with Crippen LogP contribution < -0.4 is 9.47 Å². The molecule has 4 radical (unpaired) electrons. The summed E-state index contributed by atoms with van der Waals surface area (Å²) in [5, 5.41) is 1.91. The zero-order valence-electron chi connectivity index (χ0n) is 22.7. The van der Waals surface area contributed by atoms with Gasteiger partial charge in [-0.3, -0.25) is 4.68 Å². The number of halogens is 5. The van der Waals surface area contributed by atoms with Crippen LogP contribution in [0.15, 0.2) is 63.9 Å². The lowest BCUT2D eigenvalue weighted by atomic mass is 9.48. The number of carbonyl (C=O) groups excluding carboxylic acids is 1. The minimum Gasteiger partial charge on any atom is -0.487 e. The molecule has 0 spiro atoms. The van der Waals surface area contributed by atoms with Crippen LogP contribution in [0.4, 0.5) is 17.6 Å². The normalized spacial score (nSPS) is 12.8. The highest BCUT2D eigenvalue weighted by Crippen LogP contribution is 2.45. The van der Waals surface area contributed by atoms with Gasteiger partial charge in [-0.15, -0.1) is 11.3 Å². The average Bonchev–Trinajstić information content (AvgIpc) is 3.68. The molecule has 224 valence electrons. The van der Waals surface area contributed by atoms with Gasteiger partial charge in [0.05, 0.1) is 42.7 Å². The highest BCUT2D eigenvalue weighted by molar-refractivity contribution is 9.10. The molecule has 0 amide bonds. The Balaban J connectivity index is 1.49. The quantitative estimate of drug-likeness (QED) is 0.0992. The Labute approximate surface area is 262 Å². The second-order valence-electron chi connectivity index (χ2n) is 9.27. The number of para-hydroxylation sites is 1. The molecule has 0 saturated heterocycles. The van der Waals surface area contributed by atoms with Crippen LogP contribution in [0.3, 0.4) is 0 Å². The number of benzene rings is 1. The standard InChI is InChI=1S/C27H19B2BrF4N4O5S/c1-2-40-25(39)22(43-23-19-20(30)21(17-7-8-18(31)42-17)44-24(19)36-13-35-23)27(28,29)15-5-3-4-6-16(15)41-11-14-9-10-37-38(14)12-26(32,33)34/h3-10,13,22H,2,11-12H2,1H3. The lowest BCUT2D eigenvalue weighted by molar-refractivity contribution is -0.152. The van der Waals surface area contributed by atoms with Crippen molar-refractivity contribution in [1.29, 1.82) is 0 Å². The van der Waals surface area contributed by atoms with E-state index in [2.05, 4.69) is 31.0 Å². The van der Waals surface area contributed by atoms with E-state index in [9.17, 15) is 22.4 Å². The lowest BCUT2D eigenvalue weighted by Gasteiger charge is -2.35. The van der Waals surface area contributed by atoms with Crippen LogP contribution >= 0.6 is 27.3 Å². The molecule has 0 aliphatic rings. The molecule has 0 fully saturated rings. The summed E-state index contributed by atoms with van der Waals surface area (Å²) in [5.74, 6) is -0.729. The second kappa shape index (κ2) is 12.6. The van der Waals surface area contributed by atoms with E-state index in [0.29, 0.717) is 19.6 Å². The topological polar surface area (TPSA) is 102 Å². The molecule has 17 heteroatoms. The summed E-state index contributed by atoms with van der Waals surface area (Å²) in [4.78, 5) is 22.6. The summed E-state index contributed by atoms with van der Waals surface area (Å²) in [5.41, 5.74) is 0.217. The lowest BCUT2D eigenvalue weighted by Crippen LogP contribution is -2.50. The number of ether oxygens (including phenoxy) is 3. The fourth-order valence-corrected chi connectivity index (χ4v) is 6.18. The van der Waals surface area contributed by atoms with E-state index in [-0.39, 0.29) is 41.9 Å². The summed E-state index contributed by atoms with van der Waals surface area (Å²) < 4.78 is 75.9. The largest absolute Gasteiger partial charge is 0.487 e. The van der Waals surface area contributed by atoms with Gasteiger partial charge in [0.2, 0.25) is 5.88 Å². The average molecular weight is 689 g/mol. The summed E-state index contributed by atoms with van der Waals surface area (Å²) >= 11 is 4.62. The van der Waals surface area contributed by atoms with Crippen molar-refractivity contribution in [3.63, 3.8) is 0 Å². The maximum absolute atomic E-state index is 13.6. The van der Waals surface area contributed by atoms with Gasteiger partial charge in [0.1, 0.15) is 35.8 Å². The minimum atomic E-state index is -4.49. The molecule has 5 rings (SSSR count). The fourth-order valence-electron chi connectivity index (χ4n) is 4.27. The minimum absolute atomic E-state index is 0.0361. The number of esters is 1. The van der Waals surface area contributed by atoms with E-state index in [0.717, 1.165) is 22.1 Å². The molecular formula is C27H19B2BrF4N4O5S. The second-order valence-corrected chi connectivity index (χ2v) is 11.1. The van der Waals surface area contributed by atoms with Crippen molar-refractivity contribution in [3.8, 4) is 22.3 Å². The molecule has 4 heterocycles. The van der Waals surface area contributed by atoms with Crippen molar-refractivity contribution in [2.75, 3.05) is 6.61 Å². The molecule has 44 heavy (non-hydrogen) atoms. The van der Waals surface area contributed by atoms with Crippen LogP contribution in [0, 0.1) is 6.01 Å². The highest BCUT2D eigenvalue weighted by atomic mass is 79.9. The molecule has 0 saturated carbocycles. The molecule has 4 aromatic heterocycles. The van der Waals surface area contributed by atoms with Crippen LogP contribution in [0.1, 0.15) is 18.2 Å². The van der Waals surface area contributed by atoms with Crippen molar-refractivity contribution in [2.24, 2.45) is 0 Å². The van der Waals surface area contributed by atoms with Gasteiger partial charge in [0, 0.05) is 12.3 Å². The zero-order chi connectivity index (χ0) is 31.6. The van der Waals surface area contributed by atoms with Crippen LogP contribution in [-0.4, -0.2) is 60.3 Å². The van der Waals surface area contributed by atoms with E-state index in [1.165, 1.54) is 36.8 Å². The molecule has 1 atom stereocenters. The van der Waals surface area contributed by atoms with Crippen molar-refractivity contribution in [3.05, 3.63) is 76.7 Å². The number of hydrogen-bond acceptors (Lipinski definition) is 9. The van der Waals surface area contributed by atoms with Gasteiger partial charge in [-0.1, -0.05) is 18.2 Å². The monoisotopic (exact) mass is 688 g/mol. The van der Waals surface area contributed by atoms with E-state index in [1.807, 2.05) is 0 Å². The van der Waals surface area contributed by atoms with Crippen molar-refractivity contribution >= 4 is 59.1 Å². The van der Waals surface area contributed by atoms with Gasteiger partial charge in [-0.05, 0) is 51.8 Å². The number of thiophene rings is 1. The maximum Gasteiger partial charge on any atom is 0.408 e. The first-order valence-electron chi connectivity index (χ1n) is 12.8. The molecule has 0 aliphatic carbocycles. The van der Waals surface area contributed by atoms with Gasteiger partial charge in [-0.25, -0.2) is 14.8 Å². The zero-order valence-corrected chi connectivity index (χ0v) is 25.1. The fraction of sp³-hybridized carbons (Fsp3) is 0.259. The van der Waals surface area contributed by atoms with Gasteiger partial charge < -0.3 is 18.6 Å². The first-order valence-corrected chi connectivity index (χ1v) is 14.4.